The van der Waals surface area contributed by atoms with Gasteiger partial charge in [-0.1, -0.05) is 44.2 Å². The van der Waals surface area contributed by atoms with Gasteiger partial charge in [0.1, 0.15) is 0 Å². The van der Waals surface area contributed by atoms with E-state index in [0.29, 0.717) is 10.8 Å². The Morgan fingerprint density at radius 1 is 1.17 bits per heavy atom. The minimum absolute atomic E-state index is 0.519. The van der Waals surface area contributed by atoms with E-state index < -0.39 is 0 Å². The standard InChI is InChI=1S/C15H15NOS/c1-11(2)18-15-8-7-12(9-16-15)14-6-4-3-5-13(14)10-17/h3-11H,1-2H3. The van der Waals surface area contributed by atoms with Crippen LogP contribution < -0.4 is 0 Å². The number of pyridine rings is 1. The second kappa shape index (κ2) is 5.83. The number of benzene rings is 1. The molecule has 1 aromatic carbocycles. The Morgan fingerprint density at radius 2 is 1.94 bits per heavy atom. The van der Waals surface area contributed by atoms with Crippen molar-refractivity contribution < 1.29 is 4.79 Å². The van der Waals surface area contributed by atoms with Crippen molar-refractivity contribution in [3.8, 4) is 11.1 Å². The van der Waals surface area contributed by atoms with Crippen LogP contribution in [0.1, 0.15) is 24.2 Å². The highest BCUT2D eigenvalue weighted by Crippen LogP contribution is 2.25. The van der Waals surface area contributed by atoms with Gasteiger partial charge < -0.3 is 0 Å². The lowest BCUT2D eigenvalue weighted by molar-refractivity contribution is 0.112. The zero-order chi connectivity index (χ0) is 13.0. The number of hydrogen-bond donors (Lipinski definition) is 0. The average Bonchev–Trinajstić information content (AvgIpc) is 2.39. The van der Waals surface area contributed by atoms with Gasteiger partial charge in [-0.2, -0.15) is 0 Å². The molecule has 0 amide bonds. The van der Waals surface area contributed by atoms with Crippen molar-refractivity contribution in [1.29, 1.82) is 0 Å². The number of rotatable bonds is 4. The van der Waals surface area contributed by atoms with Crippen LogP contribution >= 0.6 is 11.8 Å². The Labute approximate surface area is 111 Å². The maximum atomic E-state index is 11.0. The SMILES string of the molecule is CC(C)Sc1ccc(-c2ccccc2C=O)cn1. The molecule has 0 spiro atoms. The van der Waals surface area contributed by atoms with Crippen LogP contribution in [0.2, 0.25) is 0 Å². The minimum Gasteiger partial charge on any atom is -0.298 e. The van der Waals surface area contributed by atoms with Crippen LogP contribution in [0.15, 0.2) is 47.6 Å². The van der Waals surface area contributed by atoms with E-state index in [9.17, 15) is 4.79 Å². The number of hydrogen-bond acceptors (Lipinski definition) is 3. The maximum Gasteiger partial charge on any atom is 0.150 e. The molecule has 0 radical (unpaired) electrons. The molecule has 0 unspecified atom stereocenters. The summed E-state index contributed by atoms with van der Waals surface area (Å²) in [6, 6.07) is 11.6. The van der Waals surface area contributed by atoms with Crippen molar-refractivity contribution >= 4 is 18.0 Å². The molecule has 1 aromatic heterocycles. The number of carbonyl (C=O) groups excluding carboxylic acids is 1. The van der Waals surface area contributed by atoms with Crippen molar-refractivity contribution in [2.75, 3.05) is 0 Å². The molecular formula is C15H15NOS. The van der Waals surface area contributed by atoms with Crippen LogP contribution in [-0.2, 0) is 0 Å². The molecule has 0 aliphatic carbocycles. The smallest absolute Gasteiger partial charge is 0.150 e. The number of nitrogens with zero attached hydrogens (tertiary/aromatic N) is 1. The third-order valence-electron chi connectivity index (χ3n) is 2.49. The van der Waals surface area contributed by atoms with Crippen LogP contribution in [0.5, 0.6) is 0 Å². The summed E-state index contributed by atoms with van der Waals surface area (Å²) >= 11 is 1.73. The highest BCUT2D eigenvalue weighted by Gasteiger charge is 2.05. The van der Waals surface area contributed by atoms with Gasteiger partial charge in [0.25, 0.3) is 0 Å². The van der Waals surface area contributed by atoms with Crippen molar-refractivity contribution in [3.05, 3.63) is 48.2 Å². The van der Waals surface area contributed by atoms with Gasteiger partial charge in [-0.05, 0) is 11.6 Å². The predicted octanol–water partition coefficient (Wildman–Crippen LogP) is 4.06. The molecule has 0 aliphatic heterocycles. The van der Waals surface area contributed by atoms with Gasteiger partial charge in [0.2, 0.25) is 0 Å². The normalized spacial score (nSPS) is 10.6. The quantitative estimate of drug-likeness (QED) is 0.611. The fraction of sp³-hybridized carbons (Fsp3) is 0.200. The Morgan fingerprint density at radius 3 is 2.56 bits per heavy atom. The minimum atomic E-state index is 0.519. The van der Waals surface area contributed by atoms with Crippen molar-refractivity contribution in [2.45, 2.75) is 24.1 Å². The second-order valence-electron chi connectivity index (χ2n) is 4.26. The lowest BCUT2D eigenvalue weighted by Gasteiger charge is -2.07. The predicted molar refractivity (Wildman–Crippen MR) is 76.1 cm³/mol. The van der Waals surface area contributed by atoms with E-state index in [2.05, 4.69) is 18.8 Å². The van der Waals surface area contributed by atoms with E-state index in [4.69, 9.17) is 0 Å². The van der Waals surface area contributed by atoms with Crippen LogP contribution in [0, 0.1) is 0 Å². The van der Waals surface area contributed by atoms with E-state index in [1.54, 1.807) is 11.8 Å². The molecule has 0 aliphatic rings. The fourth-order valence-corrected chi connectivity index (χ4v) is 2.46. The Bertz CT molecular complexity index is 534. The first kappa shape index (κ1) is 12.8. The molecule has 2 rings (SSSR count). The topological polar surface area (TPSA) is 30.0 Å². The summed E-state index contributed by atoms with van der Waals surface area (Å²) in [4.78, 5) is 15.4. The van der Waals surface area contributed by atoms with E-state index in [0.717, 1.165) is 22.4 Å². The third kappa shape index (κ3) is 2.99. The van der Waals surface area contributed by atoms with E-state index in [-0.39, 0.29) is 0 Å². The summed E-state index contributed by atoms with van der Waals surface area (Å²) in [6.07, 6.45) is 2.71. The molecule has 18 heavy (non-hydrogen) atoms. The summed E-state index contributed by atoms with van der Waals surface area (Å²) in [5.74, 6) is 0. The Kier molecular flexibility index (Phi) is 4.15. The van der Waals surface area contributed by atoms with Gasteiger partial charge in [0.05, 0.1) is 5.03 Å². The first-order valence-electron chi connectivity index (χ1n) is 5.88. The third-order valence-corrected chi connectivity index (χ3v) is 3.45. The van der Waals surface area contributed by atoms with Gasteiger partial charge in [0.15, 0.2) is 6.29 Å². The molecule has 0 N–H and O–H groups in total. The van der Waals surface area contributed by atoms with Crippen LogP contribution in [0.3, 0.4) is 0 Å². The molecule has 0 atom stereocenters. The summed E-state index contributed by atoms with van der Waals surface area (Å²) in [6.45, 7) is 4.28. The molecule has 0 bridgehead atoms. The number of thioether (sulfide) groups is 1. The highest BCUT2D eigenvalue weighted by atomic mass is 32.2. The van der Waals surface area contributed by atoms with Crippen LogP contribution in [0.4, 0.5) is 0 Å². The first-order chi connectivity index (χ1) is 8.70. The summed E-state index contributed by atoms with van der Waals surface area (Å²) < 4.78 is 0. The number of aldehydes is 1. The monoisotopic (exact) mass is 257 g/mol. The van der Waals surface area contributed by atoms with Gasteiger partial charge in [-0.25, -0.2) is 4.98 Å². The molecule has 2 aromatic rings. The maximum absolute atomic E-state index is 11.0. The Balaban J connectivity index is 2.31. The van der Waals surface area contributed by atoms with Gasteiger partial charge in [0, 0.05) is 22.6 Å². The molecule has 3 heteroatoms. The average molecular weight is 257 g/mol. The highest BCUT2D eigenvalue weighted by molar-refractivity contribution is 7.99. The molecule has 0 saturated heterocycles. The molecule has 1 heterocycles. The van der Waals surface area contributed by atoms with Gasteiger partial charge in [-0.3, -0.25) is 4.79 Å². The first-order valence-corrected chi connectivity index (χ1v) is 6.76. The zero-order valence-electron chi connectivity index (χ0n) is 10.5. The summed E-state index contributed by atoms with van der Waals surface area (Å²) in [5, 5.41) is 1.53. The summed E-state index contributed by atoms with van der Waals surface area (Å²) in [5.41, 5.74) is 2.61. The van der Waals surface area contributed by atoms with E-state index in [1.165, 1.54) is 0 Å². The Hall–Kier alpha value is -1.61. The lowest BCUT2D eigenvalue weighted by atomic mass is 10.0. The van der Waals surface area contributed by atoms with E-state index in [1.807, 2.05) is 42.6 Å². The molecular weight excluding hydrogens is 242 g/mol. The second-order valence-corrected chi connectivity index (χ2v) is 5.85. The van der Waals surface area contributed by atoms with Gasteiger partial charge >= 0.3 is 0 Å². The van der Waals surface area contributed by atoms with E-state index >= 15 is 0 Å². The lowest BCUT2D eigenvalue weighted by Crippen LogP contribution is -1.91. The number of aromatic nitrogens is 1. The molecule has 0 fully saturated rings. The van der Waals surface area contributed by atoms with Crippen molar-refractivity contribution in [3.63, 3.8) is 0 Å². The molecule has 2 nitrogen and oxygen atoms in total. The van der Waals surface area contributed by atoms with Crippen molar-refractivity contribution in [2.24, 2.45) is 0 Å². The van der Waals surface area contributed by atoms with Crippen LogP contribution in [0.25, 0.3) is 11.1 Å². The largest absolute Gasteiger partial charge is 0.298 e. The zero-order valence-corrected chi connectivity index (χ0v) is 11.3. The van der Waals surface area contributed by atoms with Crippen LogP contribution in [-0.4, -0.2) is 16.5 Å². The fourth-order valence-electron chi connectivity index (χ4n) is 1.71. The van der Waals surface area contributed by atoms with Gasteiger partial charge in [-0.15, -0.1) is 11.8 Å². The molecule has 92 valence electrons. The molecule has 0 saturated carbocycles. The van der Waals surface area contributed by atoms with Crippen molar-refractivity contribution in [1.82, 2.24) is 4.98 Å². The summed E-state index contributed by atoms with van der Waals surface area (Å²) in [7, 11) is 0. The number of carbonyl (C=O) groups is 1.